The SMILES string of the molecule is O=S(=O)(Cl)c1c(Cl)ccc2c(Cl)nccc12. The van der Waals surface area contributed by atoms with Crippen LogP contribution in [0, 0.1) is 0 Å². The fourth-order valence-electron chi connectivity index (χ4n) is 1.41. The number of hydrogen-bond donors (Lipinski definition) is 0. The van der Waals surface area contributed by atoms with Gasteiger partial charge in [0.05, 0.1) is 5.02 Å². The number of nitrogens with zero attached hydrogens (tertiary/aromatic N) is 1. The molecule has 3 nitrogen and oxygen atoms in total. The molecule has 84 valence electrons. The van der Waals surface area contributed by atoms with Crippen molar-refractivity contribution in [2.24, 2.45) is 0 Å². The van der Waals surface area contributed by atoms with Crippen molar-refractivity contribution in [1.82, 2.24) is 4.98 Å². The van der Waals surface area contributed by atoms with E-state index in [1.165, 1.54) is 18.3 Å². The van der Waals surface area contributed by atoms with Crippen LogP contribution in [0.15, 0.2) is 29.3 Å². The molecule has 0 atom stereocenters. The molecule has 1 aromatic carbocycles. The van der Waals surface area contributed by atoms with Gasteiger partial charge >= 0.3 is 0 Å². The molecule has 0 unspecified atom stereocenters. The first-order chi connectivity index (χ1) is 7.41. The molecule has 1 heterocycles. The number of fused-ring (bicyclic) bond motifs is 1. The van der Waals surface area contributed by atoms with Gasteiger partial charge in [0.25, 0.3) is 9.05 Å². The highest BCUT2D eigenvalue weighted by molar-refractivity contribution is 8.14. The Balaban J connectivity index is 3.03. The van der Waals surface area contributed by atoms with E-state index < -0.39 is 9.05 Å². The van der Waals surface area contributed by atoms with Crippen LogP contribution in [0.4, 0.5) is 0 Å². The van der Waals surface area contributed by atoms with Gasteiger partial charge in [-0.05, 0) is 18.2 Å². The van der Waals surface area contributed by atoms with Crippen LogP contribution >= 0.6 is 33.9 Å². The van der Waals surface area contributed by atoms with Crippen LogP contribution < -0.4 is 0 Å². The number of aromatic nitrogens is 1. The topological polar surface area (TPSA) is 47.0 Å². The normalized spacial score (nSPS) is 11.9. The van der Waals surface area contributed by atoms with Crippen molar-refractivity contribution in [3.05, 3.63) is 34.6 Å². The van der Waals surface area contributed by atoms with Gasteiger partial charge in [0.15, 0.2) is 0 Å². The van der Waals surface area contributed by atoms with E-state index in [-0.39, 0.29) is 15.1 Å². The van der Waals surface area contributed by atoms with Crippen LogP contribution in [-0.4, -0.2) is 13.4 Å². The standard InChI is InChI=1S/C9H4Cl3NO2S/c10-7-2-1-6-5(3-4-13-9(6)11)8(7)16(12,14)15/h1-4H. The molecule has 0 fully saturated rings. The lowest BCUT2D eigenvalue weighted by Gasteiger charge is -2.06. The highest BCUT2D eigenvalue weighted by atomic mass is 35.7. The number of rotatable bonds is 1. The molecule has 0 N–H and O–H groups in total. The van der Waals surface area contributed by atoms with Crippen LogP contribution in [0.1, 0.15) is 0 Å². The molecule has 16 heavy (non-hydrogen) atoms. The number of halogens is 3. The first kappa shape index (κ1) is 11.9. The van der Waals surface area contributed by atoms with Crippen molar-refractivity contribution >= 4 is 53.7 Å². The summed E-state index contributed by atoms with van der Waals surface area (Å²) in [5, 5.41) is 1.12. The Kier molecular flexibility index (Phi) is 3.01. The van der Waals surface area contributed by atoms with Crippen LogP contribution in [0.2, 0.25) is 10.2 Å². The molecule has 0 aliphatic carbocycles. The van der Waals surface area contributed by atoms with Crippen LogP contribution in [0.3, 0.4) is 0 Å². The Morgan fingerprint density at radius 3 is 2.38 bits per heavy atom. The second kappa shape index (κ2) is 4.04. The summed E-state index contributed by atoms with van der Waals surface area (Å²) in [5.41, 5.74) is 0. The van der Waals surface area contributed by atoms with Gasteiger partial charge in [-0.25, -0.2) is 13.4 Å². The quantitative estimate of drug-likeness (QED) is 0.598. The molecular weight excluding hydrogens is 293 g/mol. The van der Waals surface area contributed by atoms with Crippen LogP contribution in [-0.2, 0) is 9.05 Å². The van der Waals surface area contributed by atoms with Crippen molar-refractivity contribution in [2.45, 2.75) is 4.90 Å². The Hall–Kier alpha value is -0.550. The second-order valence-electron chi connectivity index (χ2n) is 3.01. The van der Waals surface area contributed by atoms with Crippen molar-refractivity contribution < 1.29 is 8.42 Å². The fraction of sp³-hybridized carbons (Fsp3) is 0. The lowest BCUT2D eigenvalue weighted by Crippen LogP contribution is -1.94. The summed E-state index contributed by atoms with van der Waals surface area (Å²) < 4.78 is 22.8. The minimum absolute atomic E-state index is 0.0600. The number of pyridine rings is 1. The van der Waals surface area contributed by atoms with E-state index in [2.05, 4.69) is 4.98 Å². The molecule has 7 heteroatoms. The molecule has 0 bridgehead atoms. The molecule has 0 spiro atoms. The lowest BCUT2D eigenvalue weighted by atomic mass is 10.2. The van der Waals surface area contributed by atoms with Crippen LogP contribution in [0.5, 0.6) is 0 Å². The summed E-state index contributed by atoms with van der Waals surface area (Å²) in [6.07, 6.45) is 1.40. The van der Waals surface area contributed by atoms with Gasteiger partial charge in [0.1, 0.15) is 10.0 Å². The Bertz CT molecular complexity index is 670. The summed E-state index contributed by atoms with van der Waals surface area (Å²) in [5.74, 6) is 0. The third kappa shape index (κ3) is 1.98. The highest BCUT2D eigenvalue weighted by Gasteiger charge is 2.19. The second-order valence-corrected chi connectivity index (χ2v) is 6.28. The molecule has 0 amide bonds. The Morgan fingerprint density at radius 2 is 1.75 bits per heavy atom. The van der Waals surface area contributed by atoms with Gasteiger partial charge in [-0.1, -0.05) is 23.2 Å². The molecule has 0 saturated heterocycles. The zero-order valence-electron chi connectivity index (χ0n) is 7.62. The largest absolute Gasteiger partial charge is 0.263 e. The van der Waals surface area contributed by atoms with E-state index in [0.717, 1.165) is 0 Å². The van der Waals surface area contributed by atoms with Gasteiger partial charge in [0.2, 0.25) is 0 Å². The van der Waals surface area contributed by atoms with E-state index in [1.54, 1.807) is 6.07 Å². The average Bonchev–Trinajstić information content (AvgIpc) is 2.15. The van der Waals surface area contributed by atoms with E-state index in [1.807, 2.05) is 0 Å². The lowest BCUT2D eigenvalue weighted by molar-refractivity contribution is 0.610. The first-order valence-electron chi connectivity index (χ1n) is 4.08. The number of hydrogen-bond acceptors (Lipinski definition) is 3. The zero-order valence-corrected chi connectivity index (χ0v) is 10.7. The molecule has 0 aliphatic rings. The number of benzene rings is 1. The molecule has 0 radical (unpaired) electrons. The van der Waals surface area contributed by atoms with Crippen LogP contribution in [0.25, 0.3) is 10.8 Å². The maximum absolute atomic E-state index is 11.4. The minimum atomic E-state index is -3.92. The maximum atomic E-state index is 11.4. The Morgan fingerprint density at radius 1 is 1.06 bits per heavy atom. The monoisotopic (exact) mass is 295 g/mol. The van der Waals surface area contributed by atoms with Gasteiger partial charge < -0.3 is 0 Å². The fourth-order valence-corrected chi connectivity index (χ4v) is 3.46. The van der Waals surface area contributed by atoms with Crippen molar-refractivity contribution in [3.63, 3.8) is 0 Å². The third-order valence-corrected chi connectivity index (χ3v) is 4.16. The minimum Gasteiger partial charge on any atom is -0.244 e. The van der Waals surface area contributed by atoms with Crippen molar-refractivity contribution in [2.75, 3.05) is 0 Å². The maximum Gasteiger partial charge on any atom is 0.263 e. The molecular formula is C9H4Cl3NO2S. The van der Waals surface area contributed by atoms with E-state index in [9.17, 15) is 8.42 Å². The molecule has 0 aliphatic heterocycles. The predicted octanol–water partition coefficient (Wildman–Crippen LogP) is 3.47. The average molecular weight is 297 g/mol. The summed E-state index contributed by atoms with van der Waals surface area (Å²) in [4.78, 5) is 3.70. The summed E-state index contributed by atoms with van der Waals surface area (Å²) in [6.45, 7) is 0. The predicted molar refractivity (Wildman–Crippen MR) is 64.8 cm³/mol. The van der Waals surface area contributed by atoms with Gasteiger partial charge in [-0.2, -0.15) is 0 Å². The summed E-state index contributed by atoms with van der Waals surface area (Å²) in [7, 11) is 1.40. The van der Waals surface area contributed by atoms with Crippen molar-refractivity contribution in [1.29, 1.82) is 0 Å². The third-order valence-electron chi connectivity index (χ3n) is 2.04. The van der Waals surface area contributed by atoms with E-state index >= 15 is 0 Å². The van der Waals surface area contributed by atoms with E-state index in [0.29, 0.717) is 10.8 Å². The highest BCUT2D eigenvalue weighted by Crippen LogP contribution is 2.34. The molecule has 2 aromatic rings. The molecule has 1 aromatic heterocycles. The summed E-state index contributed by atoms with van der Waals surface area (Å²) in [6, 6.07) is 4.52. The summed E-state index contributed by atoms with van der Waals surface area (Å²) >= 11 is 11.7. The first-order valence-corrected chi connectivity index (χ1v) is 7.15. The van der Waals surface area contributed by atoms with Gasteiger partial charge in [0, 0.05) is 27.7 Å². The van der Waals surface area contributed by atoms with E-state index in [4.69, 9.17) is 33.9 Å². The van der Waals surface area contributed by atoms with Gasteiger partial charge in [-0.15, -0.1) is 0 Å². The smallest absolute Gasteiger partial charge is 0.244 e. The van der Waals surface area contributed by atoms with Crippen molar-refractivity contribution in [3.8, 4) is 0 Å². The van der Waals surface area contributed by atoms with Gasteiger partial charge in [-0.3, -0.25) is 0 Å². The molecule has 0 saturated carbocycles. The Labute approximate surface area is 106 Å². The zero-order chi connectivity index (χ0) is 11.9. The molecule has 2 rings (SSSR count).